The van der Waals surface area contributed by atoms with Crippen molar-refractivity contribution in [1.82, 2.24) is 9.78 Å². The number of anilines is 1. The van der Waals surface area contributed by atoms with Gasteiger partial charge < -0.3 is 9.73 Å². The number of nitrogens with zero attached hydrogens (tertiary/aromatic N) is 2. The first-order valence-electron chi connectivity index (χ1n) is 7.71. The number of halogens is 2. The maximum absolute atomic E-state index is 12.4. The quantitative estimate of drug-likeness (QED) is 0.694. The van der Waals surface area contributed by atoms with Gasteiger partial charge in [0, 0.05) is 10.7 Å². The highest BCUT2D eigenvalue weighted by molar-refractivity contribution is 6.32. The Labute approximate surface area is 155 Å². The van der Waals surface area contributed by atoms with E-state index in [4.69, 9.17) is 27.6 Å². The van der Waals surface area contributed by atoms with E-state index in [1.54, 1.807) is 35.0 Å². The van der Waals surface area contributed by atoms with Crippen LogP contribution in [-0.4, -0.2) is 15.7 Å². The van der Waals surface area contributed by atoms with Gasteiger partial charge in [0.1, 0.15) is 5.76 Å². The lowest BCUT2D eigenvalue weighted by Gasteiger charge is -2.08. The van der Waals surface area contributed by atoms with Crippen LogP contribution in [0, 0.1) is 20.8 Å². The summed E-state index contributed by atoms with van der Waals surface area (Å²) in [7, 11) is 0. The van der Waals surface area contributed by atoms with Crippen molar-refractivity contribution in [3.8, 4) is 0 Å². The summed E-state index contributed by atoms with van der Waals surface area (Å²) in [6.45, 7) is 5.99. The molecule has 130 valence electrons. The zero-order valence-electron chi connectivity index (χ0n) is 14.1. The van der Waals surface area contributed by atoms with Crippen molar-refractivity contribution < 1.29 is 9.21 Å². The molecule has 0 fully saturated rings. The number of carbonyl (C=O) groups is 1. The fraction of sp³-hybridized carbons (Fsp3) is 0.222. The Morgan fingerprint density at radius 3 is 2.64 bits per heavy atom. The molecule has 0 saturated heterocycles. The molecule has 7 heteroatoms. The third kappa shape index (κ3) is 3.57. The molecule has 25 heavy (non-hydrogen) atoms. The first-order valence-corrected chi connectivity index (χ1v) is 8.47. The molecule has 0 unspecified atom stereocenters. The van der Waals surface area contributed by atoms with Crippen LogP contribution in [0.15, 0.2) is 34.7 Å². The topological polar surface area (TPSA) is 60.1 Å². The summed E-state index contributed by atoms with van der Waals surface area (Å²) in [5.74, 6) is 0.514. The number of benzene rings is 1. The molecule has 0 bridgehead atoms. The summed E-state index contributed by atoms with van der Waals surface area (Å²) in [6, 6.07) is 8.74. The Morgan fingerprint density at radius 1 is 1.20 bits per heavy atom. The van der Waals surface area contributed by atoms with Gasteiger partial charge in [-0.15, -0.1) is 0 Å². The minimum absolute atomic E-state index is 0.224. The van der Waals surface area contributed by atoms with Crippen molar-refractivity contribution in [2.45, 2.75) is 27.3 Å². The van der Waals surface area contributed by atoms with Gasteiger partial charge in [0.2, 0.25) is 0 Å². The van der Waals surface area contributed by atoms with Crippen molar-refractivity contribution in [2.75, 3.05) is 5.32 Å². The third-order valence-corrected chi connectivity index (χ3v) is 4.96. The van der Waals surface area contributed by atoms with Crippen LogP contribution in [0.3, 0.4) is 0 Å². The van der Waals surface area contributed by atoms with Crippen molar-refractivity contribution in [3.05, 3.63) is 68.8 Å². The standard InChI is InChI=1S/C18H17Cl2N3O2/c1-10-14(19)5-4-6-15(10)21-18(24)16-8-7-13(25-16)9-23-12(3)17(20)11(2)22-23/h4-8H,9H2,1-3H3,(H,21,24). The average molecular weight is 378 g/mol. The Morgan fingerprint density at radius 2 is 1.96 bits per heavy atom. The monoisotopic (exact) mass is 377 g/mol. The molecule has 1 aromatic carbocycles. The Kier molecular flexibility index (Phi) is 4.88. The summed E-state index contributed by atoms with van der Waals surface area (Å²) in [4.78, 5) is 12.4. The van der Waals surface area contributed by atoms with E-state index in [0.29, 0.717) is 28.0 Å². The lowest BCUT2D eigenvalue weighted by Crippen LogP contribution is -2.12. The van der Waals surface area contributed by atoms with Crippen LogP contribution in [0.4, 0.5) is 5.69 Å². The highest BCUT2D eigenvalue weighted by Crippen LogP contribution is 2.24. The second kappa shape index (κ2) is 6.94. The molecule has 0 saturated carbocycles. The van der Waals surface area contributed by atoms with E-state index in [1.807, 2.05) is 20.8 Å². The number of nitrogens with one attached hydrogen (secondary N) is 1. The summed E-state index contributed by atoms with van der Waals surface area (Å²) < 4.78 is 7.40. The molecule has 5 nitrogen and oxygen atoms in total. The highest BCUT2D eigenvalue weighted by Gasteiger charge is 2.15. The molecular formula is C18H17Cl2N3O2. The maximum atomic E-state index is 12.4. The Balaban J connectivity index is 1.75. The second-order valence-corrected chi connectivity index (χ2v) is 6.56. The van der Waals surface area contributed by atoms with Gasteiger partial charge in [-0.05, 0) is 50.6 Å². The van der Waals surface area contributed by atoms with Gasteiger partial charge in [0.15, 0.2) is 5.76 Å². The predicted octanol–water partition coefficient (Wildman–Crippen LogP) is 5.01. The normalized spacial score (nSPS) is 10.9. The number of carbonyl (C=O) groups excluding carboxylic acids is 1. The van der Waals surface area contributed by atoms with Gasteiger partial charge in [-0.3, -0.25) is 9.48 Å². The van der Waals surface area contributed by atoms with Gasteiger partial charge in [0.05, 0.1) is 23.0 Å². The van der Waals surface area contributed by atoms with Gasteiger partial charge in [-0.2, -0.15) is 5.10 Å². The number of aromatic nitrogens is 2. The highest BCUT2D eigenvalue weighted by atomic mass is 35.5. The molecule has 0 aliphatic rings. The SMILES string of the molecule is Cc1nn(Cc2ccc(C(=O)Nc3cccc(Cl)c3C)o2)c(C)c1Cl. The third-order valence-electron chi connectivity index (χ3n) is 4.00. The Hall–Kier alpha value is -2.24. The number of amides is 1. The van der Waals surface area contributed by atoms with E-state index in [1.165, 1.54) is 0 Å². The van der Waals surface area contributed by atoms with Crippen molar-refractivity contribution in [2.24, 2.45) is 0 Å². The second-order valence-electron chi connectivity index (χ2n) is 5.77. The van der Waals surface area contributed by atoms with Crippen LogP contribution in [0.5, 0.6) is 0 Å². The molecule has 1 amide bonds. The molecule has 3 rings (SSSR count). The van der Waals surface area contributed by atoms with Gasteiger partial charge in [-0.1, -0.05) is 29.3 Å². The van der Waals surface area contributed by atoms with E-state index in [2.05, 4.69) is 10.4 Å². The van der Waals surface area contributed by atoms with Crippen LogP contribution >= 0.6 is 23.2 Å². The molecule has 2 heterocycles. The maximum Gasteiger partial charge on any atom is 0.291 e. The number of aryl methyl sites for hydroxylation is 1. The summed E-state index contributed by atoms with van der Waals surface area (Å²) in [5, 5.41) is 8.40. The summed E-state index contributed by atoms with van der Waals surface area (Å²) in [5.41, 5.74) is 3.08. The van der Waals surface area contributed by atoms with E-state index < -0.39 is 0 Å². The number of hydrogen-bond acceptors (Lipinski definition) is 3. The zero-order valence-corrected chi connectivity index (χ0v) is 15.6. The molecule has 0 aliphatic carbocycles. The van der Waals surface area contributed by atoms with E-state index in [-0.39, 0.29) is 11.7 Å². The molecule has 2 aromatic heterocycles. The van der Waals surface area contributed by atoms with Crippen LogP contribution in [0.2, 0.25) is 10.0 Å². The molecular weight excluding hydrogens is 361 g/mol. The Bertz CT molecular complexity index is 944. The fourth-order valence-corrected chi connectivity index (χ4v) is 2.80. The average Bonchev–Trinajstić information content (AvgIpc) is 3.13. The number of rotatable bonds is 4. The number of hydrogen-bond donors (Lipinski definition) is 1. The van der Waals surface area contributed by atoms with Crippen LogP contribution in [0.25, 0.3) is 0 Å². The summed E-state index contributed by atoms with van der Waals surface area (Å²) >= 11 is 12.2. The smallest absolute Gasteiger partial charge is 0.291 e. The molecule has 0 aliphatic heterocycles. The van der Waals surface area contributed by atoms with Gasteiger partial charge in [-0.25, -0.2) is 0 Å². The van der Waals surface area contributed by atoms with Crippen LogP contribution in [-0.2, 0) is 6.54 Å². The lowest BCUT2D eigenvalue weighted by atomic mass is 10.2. The predicted molar refractivity (Wildman–Crippen MR) is 98.7 cm³/mol. The first kappa shape index (κ1) is 17.6. The van der Waals surface area contributed by atoms with Crippen LogP contribution < -0.4 is 5.32 Å². The molecule has 0 spiro atoms. The molecule has 1 N–H and O–H groups in total. The minimum Gasteiger partial charge on any atom is -0.454 e. The van der Waals surface area contributed by atoms with Crippen molar-refractivity contribution >= 4 is 34.8 Å². The molecule has 3 aromatic rings. The fourth-order valence-electron chi connectivity index (χ4n) is 2.49. The van der Waals surface area contributed by atoms with Gasteiger partial charge in [0.25, 0.3) is 5.91 Å². The minimum atomic E-state index is -0.331. The van der Waals surface area contributed by atoms with Crippen LogP contribution in [0.1, 0.15) is 33.3 Å². The van der Waals surface area contributed by atoms with E-state index >= 15 is 0 Å². The van der Waals surface area contributed by atoms with E-state index in [9.17, 15) is 4.79 Å². The van der Waals surface area contributed by atoms with Gasteiger partial charge >= 0.3 is 0 Å². The van der Waals surface area contributed by atoms with Crippen molar-refractivity contribution in [1.29, 1.82) is 0 Å². The molecule has 0 atom stereocenters. The first-order chi connectivity index (χ1) is 11.9. The molecule has 0 radical (unpaired) electrons. The number of furan rings is 1. The van der Waals surface area contributed by atoms with Crippen molar-refractivity contribution in [3.63, 3.8) is 0 Å². The summed E-state index contributed by atoms with van der Waals surface area (Å²) in [6.07, 6.45) is 0. The zero-order chi connectivity index (χ0) is 18.1. The van der Waals surface area contributed by atoms with E-state index in [0.717, 1.165) is 17.0 Å². The lowest BCUT2D eigenvalue weighted by molar-refractivity contribution is 0.0994. The largest absolute Gasteiger partial charge is 0.454 e.